The van der Waals surface area contributed by atoms with Gasteiger partial charge in [0.15, 0.2) is 0 Å². The second-order valence-electron chi connectivity index (χ2n) is 5.43. The second kappa shape index (κ2) is 6.24. The van der Waals surface area contributed by atoms with Gasteiger partial charge in [-0.2, -0.15) is 0 Å². The maximum absolute atomic E-state index is 3.36. The third-order valence-electron chi connectivity index (χ3n) is 4.27. The van der Waals surface area contributed by atoms with E-state index >= 15 is 0 Å². The molecule has 0 aromatic heterocycles. The van der Waals surface area contributed by atoms with Gasteiger partial charge in [-0.05, 0) is 44.4 Å². The number of para-hydroxylation sites is 1. The first kappa shape index (κ1) is 13.4. The topological polar surface area (TPSA) is 15.3 Å². The Morgan fingerprint density at radius 2 is 2.17 bits per heavy atom. The highest BCUT2D eigenvalue weighted by molar-refractivity contribution is 5.55. The molecule has 0 bridgehead atoms. The summed E-state index contributed by atoms with van der Waals surface area (Å²) in [7, 11) is 2.03. The zero-order valence-electron chi connectivity index (χ0n) is 11.9. The average Bonchev–Trinajstić information content (AvgIpc) is 2.46. The summed E-state index contributed by atoms with van der Waals surface area (Å²) in [5.74, 6) is 0.872. The van der Waals surface area contributed by atoms with E-state index in [0.717, 1.165) is 5.92 Å². The number of rotatable bonds is 4. The van der Waals surface area contributed by atoms with E-state index in [1.165, 1.54) is 43.6 Å². The van der Waals surface area contributed by atoms with Crippen molar-refractivity contribution in [2.75, 3.05) is 25.0 Å². The third-order valence-corrected chi connectivity index (χ3v) is 4.27. The molecule has 0 amide bonds. The fourth-order valence-electron chi connectivity index (χ4n) is 2.91. The highest BCUT2D eigenvalue weighted by atomic mass is 15.1. The SMILES string of the molecule is CCC1CCCN(c2ccccc2C(C)NC)C1. The average molecular weight is 246 g/mol. The van der Waals surface area contributed by atoms with Crippen molar-refractivity contribution in [3.8, 4) is 0 Å². The Labute approximate surface area is 111 Å². The molecule has 0 spiro atoms. The monoisotopic (exact) mass is 246 g/mol. The van der Waals surface area contributed by atoms with Crippen LogP contribution >= 0.6 is 0 Å². The first-order chi connectivity index (χ1) is 8.76. The molecule has 1 aromatic rings. The van der Waals surface area contributed by atoms with Crippen molar-refractivity contribution in [1.82, 2.24) is 5.32 Å². The smallest absolute Gasteiger partial charge is 0.0414 e. The van der Waals surface area contributed by atoms with Gasteiger partial charge in [0.25, 0.3) is 0 Å². The van der Waals surface area contributed by atoms with Gasteiger partial charge in [-0.25, -0.2) is 0 Å². The summed E-state index contributed by atoms with van der Waals surface area (Å²) >= 11 is 0. The number of hydrogen-bond acceptors (Lipinski definition) is 2. The van der Waals surface area contributed by atoms with E-state index in [0.29, 0.717) is 6.04 Å². The molecule has 1 aliphatic heterocycles. The van der Waals surface area contributed by atoms with Crippen molar-refractivity contribution in [2.24, 2.45) is 5.92 Å². The van der Waals surface area contributed by atoms with E-state index in [1.54, 1.807) is 0 Å². The van der Waals surface area contributed by atoms with Gasteiger partial charge < -0.3 is 10.2 Å². The van der Waals surface area contributed by atoms with Crippen LogP contribution in [0.3, 0.4) is 0 Å². The molecule has 2 atom stereocenters. The van der Waals surface area contributed by atoms with E-state index < -0.39 is 0 Å². The highest BCUT2D eigenvalue weighted by Crippen LogP contribution is 2.30. The van der Waals surface area contributed by atoms with Crippen molar-refractivity contribution >= 4 is 5.69 Å². The van der Waals surface area contributed by atoms with Crippen LogP contribution in [0.5, 0.6) is 0 Å². The lowest BCUT2D eigenvalue weighted by atomic mass is 9.94. The Morgan fingerprint density at radius 1 is 1.39 bits per heavy atom. The Hall–Kier alpha value is -1.02. The van der Waals surface area contributed by atoms with Crippen LogP contribution in [-0.4, -0.2) is 20.1 Å². The van der Waals surface area contributed by atoms with E-state index in [2.05, 4.69) is 48.3 Å². The minimum absolute atomic E-state index is 0.420. The Kier molecular flexibility index (Phi) is 4.65. The van der Waals surface area contributed by atoms with Crippen LogP contribution in [0.1, 0.15) is 44.7 Å². The first-order valence-corrected chi connectivity index (χ1v) is 7.27. The number of nitrogens with one attached hydrogen (secondary N) is 1. The van der Waals surface area contributed by atoms with Gasteiger partial charge in [0.2, 0.25) is 0 Å². The molecule has 2 rings (SSSR count). The molecule has 100 valence electrons. The van der Waals surface area contributed by atoms with Gasteiger partial charge in [0.1, 0.15) is 0 Å². The lowest BCUT2D eigenvalue weighted by Gasteiger charge is -2.36. The fraction of sp³-hybridized carbons (Fsp3) is 0.625. The molecule has 1 heterocycles. The van der Waals surface area contributed by atoms with Gasteiger partial charge in [0, 0.05) is 24.8 Å². The first-order valence-electron chi connectivity index (χ1n) is 7.27. The quantitative estimate of drug-likeness (QED) is 0.873. The van der Waals surface area contributed by atoms with Crippen LogP contribution in [0.2, 0.25) is 0 Å². The Balaban J connectivity index is 2.21. The lowest BCUT2D eigenvalue weighted by molar-refractivity contribution is 0.403. The second-order valence-corrected chi connectivity index (χ2v) is 5.43. The van der Waals surface area contributed by atoms with Gasteiger partial charge in [-0.15, -0.1) is 0 Å². The maximum Gasteiger partial charge on any atom is 0.0414 e. The van der Waals surface area contributed by atoms with Gasteiger partial charge in [-0.3, -0.25) is 0 Å². The summed E-state index contributed by atoms with van der Waals surface area (Å²) in [6, 6.07) is 9.26. The Bertz CT molecular complexity index is 375. The molecule has 1 saturated heterocycles. The number of hydrogen-bond donors (Lipinski definition) is 1. The summed E-state index contributed by atoms with van der Waals surface area (Å²) in [6.07, 6.45) is 4.04. The van der Waals surface area contributed by atoms with E-state index in [9.17, 15) is 0 Å². The largest absolute Gasteiger partial charge is 0.371 e. The predicted molar refractivity (Wildman–Crippen MR) is 79.1 cm³/mol. The normalized spacial score (nSPS) is 21.9. The van der Waals surface area contributed by atoms with Gasteiger partial charge in [-0.1, -0.05) is 31.5 Å². The van der Waals surface area contributed by atoms with Crippen LogP contribution < -0.4 is 10.2 Å². The summed E-state index contributed by atoms with van der Waals surface area (Å²) in [6.45, 7) is 6.99. The molecule has 1 N–H and O–H groups in total. The van der Waals surface area contributed by atoms with Crippen molar-refractivity contribution < 1.29 is 0 Å². The van der Waals surface area contributed by atoms with Crippen molar-refractivity contribution in [2.45, 2.75) is 39.2 Å². The van der Waals surface area contributed by atoms with E-state index in [4.69, 9.17) is 0 Å². The zero-order valence-corrected chi connectivity index (χ0v) is 11.9. The zero-order chi connectivity index (χ0) is 13.0. The molecule has 2 nitrogen and oxygen atoms in total. The third kappa shape index (κ3) is 2.86. The molecule has 0 saturated carbocycles. The van der Waals surface area contributed by atoms with Gasteiger partial charge in [0.05, 0.1) is 0 Å². The number of benzene rings is 1. The summed E-state index contributed by atoms with van der Waals surface area (Å²) < 4.78 is 0. The van der Waals surface area contributed by atoms with Crippen LogP contribution in [0.4, 0.5) is 5.69 Å². The standard InChI is InChI=1S/C16H26N2/c1-4-14-8-7-11-18(12-14)16-10-6-5-9-15(16)13(2)17-3/h5-6,9-10,13-14,17H,4,7-8,11-12H2,1-3H3. The molecular weight excluding hydrogens is 220 g/mol. The molecule has 2 unspecified atom stereocenters. The van der Waals surface area contributed by atoms with Crippen molar-refractivity contribution in [3.63, 3.8) is 0 Å². The van der Waals surface area contributed by atoms with E-state index in [-0.39, 0.29) is 0 Å². The molecule has 1 aliphatic rings. The van der Waals surface area contributed by atoms with Crippen LogP contribution in [0.25, 0.3) is 0 Å². The molecule has 2 heteroatoms. The van der Waals surface area contributed by atoms with Crippen LogP contribution in [-0.2, 0) is 0 Å². The molecule has 1 aromatic carbocycles. The maximum atomic E-state index is 3.36. The molecule has 1 fully saturated rings. The number of anilines is 1. The van der Waals surface area contributed by atoms with Gasteiger partial charge >= 0.3 is 0 Å². The Morgan fingerprint density at radius 3 is 2.89 bits per heavy atom. The molecule has 0 aliphatic carbocycles. The summed E-state index contributed by atoms with van der Waals surface area (Å²) in [5, 5.41) is 3.36. The lowest BCUT2D eigenvalue weighted by Crippen LogP contribution is -2.36. The molecular formula is C16H26N2. The number of piperidine rings is 1. The van der Waals surface area contributed by atoms with Crippen molar-refractivity contribution in [3.05, 3.63) is 29.8 Å². The highest BCUT2D eigenvalue weighted by Gasteiger charge is 2.21. The minimum atomic E-state index is 0.420. The fourth-order valence-corrected chi connectivity index (χ4v) is 2.91. The molecule has 0 radical (unpaired) electrons. The molecule has 18 heavy (non-hydrogen) atoms. The number of nitrogens with zero attached hydrogens (tertiary/aromatic N) is 1. The summed E-state index contributed by atoms with van der Waals surface area (Å²) in [4.78, 5) is 2.58. The minimum Gasteiger partial charge on any atom is -0.371 e. The van der Waals surface area contributed by atoms with Crippen LogP contribution in [0.15, 0.2) is 24.3 Å². The summed E-state index contributed by atoms with van der Waals surface area (Å²) in [5.41, 5.74) is 2.86. The van der Waals surface area contributed by atoms with E-state index in [1.807, 2.05) is 7.05 Å². The van der Waals surface area contributed by atoms with Crippen LogP contribution in [0, 0.1) is 5.92 Å². The predicted octanol–water partition coefficient (Wildman–Crippen LogP) is 3.59. The van der Waals surface area contributed by atoms with Crippen molar-refractivity contribution in [1.29, 1.82) is 0 Å².